The highest BCUT2D eigenvalue weighted by atomic mass is 19.4. The number of halogens is 3. The largest absolute Gasteiger partial charge is 0.389 e. The van der Waals surface area contributed by atoms with E-state index in [-0.39, 0.29) is 11.3 Å². The van der Waals surface area contributed by atoms with Crippen molar-refractivity contribution in [3.63, 3.8) is 0 Å². The highest BCUT2D eigenvalue weighted by Gasteiger charge is 2.41. The number of benzene rings is 2. The SMILES string of the molecule is Cc1nocc1C(C(N)=O)C(CCC(F)(F)F)C(=O)N[C@H]1N=C(c2ccccc2)c2ccccc2N(C)C1=O. The molecule has 0 fully saturated rings. The van der Waals surface area contributed by atoms with Crippen molar-refractivity contribution in [1.29, 1.82) is 0 Å². The zero-order valence-corrected chi connectivity index (χ0v) is 21.1. The van der Waals surface area contributed by atoms with Gasteiger partial charge in [-0.3, -0.25) is 14.4 Å². The van der Waals surface area contributed by atoms with Crippen LogP contribution in [0.15, 0.2) is 70.4 Å². The molecule has 2 unspecified atom stereocenters. The highest BCUT2D eigenvalue weighted by Crippen LogP contribution is 2.34. The molecule has 0 saturated carbocycles. The predicted molar refractivity (Wildman–Crippen MR) is 136 cm³/mol. The van der Waals surface area contributed by atoms with Gasteiger partial charge in [0.05, 0.1) is 28.9 Å². The third-order valence-electron chi connectivity index (χ3n) is 6.58. The first-order valence-electron chi connectivity index (χ1n) is 12.1. The fourth-order valence-corrected chi connectivity index (χ4v) is 4.62. The van der Waals surface area contributed by atoms with Gasteiger partial charge in [0, 0.05) is 30.2 Å². The number of rotatable bonds is 8. The zero-order valence-electron chi connectivity index (χ0n) is 21.1. The number of nitrogens with one attached hydrogen (secondary N) is 1. The lowest BCUT2D eigenvalue weighted by Gasteiger charge is -2.26. The average Bonchev–Trinajstić information content (AvgIpc) is 3.28. The van der Waals surface area contributed by atoms with Gasteiger partial charge in [-0.25, -0.2) is 4.99 Å². The van der Waals surface area contributed by atoms with Crippen LogP contribution in [-0.4, -0.2) is 48.0 Å². The standard InChI is InChI=1S/C27H26F3N5O4/c1-15-19(14-39-34-15)21(23(31)36)18(12-13-27(28,29)30)25(37)33-24-26(38)35(2)20-11-7-6-10-17(20)22(32-24)16-8-4-3-5-9-16/h3-11,14,18,21,24H,12-13H2,1-2H3,(H2,31,36)(H,33,37)/t18?,21?,24-/m1/s1. The molecule has 0 saturated heterocycles. The third-order valence-corrected chi connectivity index (χ3v) is 6.58. The summed E-state index contributed by atoms with van der Waals surface area (Å²) >= 11 is 0. The van der Waals surface area contributed by atoms with Crippen LogP contribution in [-0.2, 0) is 14.4 Å². The summed E-state index contributed by atoms with van der Waals surface area (Å²) < 4.78 is 44.5. The molecule has 2 heterocycles. The smallest absolute Gasteiger partial charge is 0.369 e. The van der Waals surface area contributed by atoms with Crippen molar-refractivity contribution in [3.05, 3.63) is 83.2 Å². The van der Waals surface area contributed by atoms with E-state index in [1.807, 2.05) is 6.07 Å². The van der Waals surface area contributed by atoms with Crippen LogP contribution in [0.1, 0.15) is 41.1 Å². The molecule has 1 aliphatic heterocycles. The van der Waals surface area contributed by atoms with E-state index in [4.69, 9.17) is 10.3 Å². The molecule has 9 nitrogen and oxygen atoms in total. The Morgan fingerprint density at radius 1 is 1.13 bits per heavy atom. The molecule has 0 bridgehead atoms. The minimum atomic E-state index is -4.61. The van der Waals surface area contributed by atoms with Crippen LogP contribution < -0.4 is 16.0 Å². The Labute approximate surface area is 221 Å². The number of aliphatic imine (C=N–C) groups is 1. The summed E-state index contributed by atoms with van der Waals surface area (Å²) in [7, 11) is 1.51. The monoisotopic (exact) mass is 541 g/mol. The molecule has 3 amide bonds. The van der Waals surface area contributed by atoms with E-state index in [1.54, 1.807) is 48.5 Å². The number of aromatic nitrogens is 1. The van der Waals surface area contributed by atoms with Crippen molar-refractivity contribution in [2.75, 3.05) is 11.9 Å². The number of para-hydroxylation sites is 1. The van der Waals surface area contributed by atoms with Crippen LogP contribution >= 0.6 is 0 Å². The number of likely N-dealkylation sites (N-methyl/N-ethyl adjacent to an activating group) is 1. The Morgan fingerprint density at radius 3 is 2.41 bits per heavy atom. The lowest BCUT2D eigenvalue weighted by atomic mass is 9.82. The molecule has 39 heavy (non-hydrogen) atoms. The molecule has 3 atom stereocenters. The summed E-state index contributed by atoms with van der Waals surface area (Å²) in [5, 5.41) is 6.15. The maximum atomic E-state index is 13.6. The quantitative estimate of drug-likeness (QED) is 0.451. The van der Waals surface area contributed by atoms with E-state index < -0.39 is 54.7 Å². The molecule has 0 spiro atoms. The van der Waals surface area contributed by atoms with Gasteiger partial charge >= 0.3 is 6.18 Å². The summed E-state index contributed by atoms with van der Waals surface area (Å²) in [6, 6.07) is 16.0. The summed E-state index contributed by atoms with van der Waals surface area (Å²) in [5.74, 6) is -5.70. The summed E-state index contributed by atoms with van der Waals surface area (Å²) in [6.45, 7) is 1.48. The summed E-state index contributed by atoms with van der Waals surface area (Å²) in [4.78, 5) is 45.4. The summed E-state index contributed by atoms with van der Waals surface area (Å²) in [5.41, 5.74) is 8.09. The second-order valence-electron chi connectivity index (χ2n) is 9.16. The lowest BCUT2D eigenvalue weighted by molar-refractivity contribution is -0.144. The number of aryl methyl sites for hydroxylation is 1. The van der Waals surface area contributed by atoms with Crippen LogP contribution in [0.5, 0.6) is 0 Å². The Bertz CT molecular complexity index is 1400. The van der Waals surface area contributed by atoms with Crippen LogP contribution in [0.25, 0.3) is 0 Å². The molecule has 1 aromatic heterocycles. The number of carbonyl (C=O) groups excluding carboxylic acids is 3. The molecule has 2 aromatic carbocycles. The first-order chi connectivity index (χ1) is 18.5. The molecule has 12 heteroatoms. The van der Waals surface area contributed by atoms with Crippen molar-refractivity contribution in [2.24, 2.45) is 16.6 Å². The normalized spacial score (nSPS) is 17.1. The minimum Gasteiger partial charge on any atom is -0.369 e. The number of benzodiazepines with no additional fused rings is 1. The number of primary amides is 1. The van der Waals surface area contributed by atoms with Gasteiger partial charge in [0.15, 0.2) is 0 Å². The Kier molecular flexibility index (Phi) is 7.84. The van der Waals surface area contributed by atoms with Gasteiger partial charge < -0.3 is 20.5 Å². The van der Waals surface area contributed by atoms with E-state index in [9.17, 15) is 27.6 Å². The molecule has 204 valence electrons. The number of carbonyl (C=O) groups is 3. The van der Waals surface area contributed by atoms with Crippen molar-refractivity contribution in [1.82, 2.24) is 10.5 Å². The Balaban J connectivity index is 1.75. The highest BCUT2D eigenvalue weighted by molar-refractivity contribution is 6.20. The molecule has 0 radical (unpaired) electrons. The van der Waals surface area contributed by atoms with Crippen molar-refractivity contribution < 1.29 is 32.1 Å². The van der Waals surface area contributed by atoms with Gasteiger partial charge in [0.2, 0.25) is 18.0 Å². The number of hydrogen-bond acceptors (Lipinski definition) is 6. The van der Waals surface area contributed by atoms with Gasteiger partial charge in [-0.15, -0.1) is 0 Å². The molecule has 3 N–H and O–H groups in total. The first-order valence-corrected chi connectivity index (χ1v) is 12.1. The molecule has 0 aliphatic carbocycles. The molecular weight excluding hydrogens is 515 g/mol. The Hall–Kier alpha value is -4.48. The zero-order chi connectivity index (χ0) is 28.3. The van der Waals surface area contributed by atoms with E-state index in [2.05, 4.69) is 15.5 Å². The van der Waals surface area contributed by atoms with Gasteiger partial charge in [-0.1, -0.05) is 53.7 Å². The number of nitrogens with zero attached hydrogens (tertiary/aromatic N) is 3. The molecular formula is C27H26F3N5O4. The fourth-order valence-electron chi connectivity index (χ4n) is 4.62. The molecule has 4 rings (SSSR count). The maximum absolute atomic E-state index is 13.6. The van der Waals surface area contributed by atoms with E-state index in [0.29, 0.717) is 22.5 Å². The molecule has 3 aromatic rings. The number of alkyl halides is 3. The van der Waals surface area contributed by atoms with Crippen LogP contribution in [0, 0.1) is 12.8 Å². The third kappa shape index (κ3) is 6.00. The van der Waals surface area contributed by atoms with Gasteiger partial charge in [0.25, 0.3) is 5.91 Å². The molecule has 1 aliphatic rings. The lowest BCUT2D eigenvalue weighted by Crippen LogP contribution is -2.49. The van der Waals surface area contributed by atoms with E-state index >= 15 is 0 Å². The second kappa shape index (κ2) is 11.1. The second-order valence-corrected chi connectivity index (χ2v) is 9.16. The number of fused-ring (bicyclic) bond motifs is 1. The topological polar surface area (TPSA) is 131 Å². The van der Waals surface area contributed by atoms with Gasteiger partial charge in [0.1, 0.15) is 6.26 Å². The average molecular weight is 542 g/mol. The number of amides is 3. The van der Waals surface area contributed by atoms with Gasteiger partial charge in [-0.2, -0.15) is 13.2 Å². The number of hydrogen-bond donors (Lipinski definition) is 2. The summed E-state index contributed by atoms with van der Waals surface area (Å²) in [6.07, 6.45) is -7.15. The predicted octanol–water partition coefficient (Wildman–Crippen LogP) is 3.47. The first kappa shape index (κ1) is 27.6. The van der Waals surface area contributed by atoms with E-state index in [1.165, 1.54) is 18.9 Å². The minimum absolute atomic E-state index is 0.0926. The number of anilines is 1. The van der Waals surface area contributed by atoms with Crippen molar-refractivity contribution >= 4 is 29.1 Å². The van der Waals surface area contributed by atoms with Crippen LogP contribution in [0.4, 0.5) is 18.9 Å². The van der Waals surface area contributed by atoms with Gasteiger partial charge in [-0.05, 0) is 19.4 Å². The van der Waals surface area contributed by atoms with E-state index in [0.717, 1.165) is 6.26 Å². The van der Waals surface area contributed by atoms with Crippen LogP contribution in [0.3, 0.4) is 0 Å². The Morgan fingerprint density at radius 2 is 1.79 bits per heavy atom. The number of nitrogens with two attached hydrogens (primary N) is 1. The van der Waals surface area contributed by atoms with Crippen molar-refractivity contribution in [2.45, 2.75) is 38.0 Å². The maximum Gasteiger partial charge on any atom is 0.389 e. The fraction of sp³-hybridized carbons (Fsp3) is 0.296. The van der Waals surface area contributed by atoms with Crippen molar-refractivity contribution in [3.8, 4) is 0 Å². The van der Waals surface area contributed by atoms with Crippen LogP contribution in [0.2, 0.25) is 0 Å².